The van der Waals surface area contributed by atoms with Crippen molar-refractivity contribution in [3.63, 3.8) is 0 Å². The summed E-state index contributed by atoms with van der Waals surface area (Å²) in [4.78, 5) is 1.78. The Morgan fingerprint density at radius 1 is 1.27 bits per heavy atom. The fourth-order valence-electron chi connectivity index (χ4n) is 0.869. The van der Waals surface area contributed by atoms with Gasteiger partial charge in [0.1, 0.15) is 0 Å². The minimum atomic E-state index is 0.457. The lowest BCUT2D eigenvalue weighted by Crippen LogP contribution is -1.81. The highest BCUT2D eigenvalue weighted by Crippen LogP contribution is 2.23. The summed E-state index contributed by atoms with van der Waals surface area (Å²) >= 11 is 5.30. The van der Waals surface area contributed by atoms with E-state index in [1.54, 1.807) is 11.8 Å². The van der Waals surface area contributed by atoms with E-state index in [0.717, 1.165) is 0 Å². The van der Waals surface area contributed by atoms with Crippen LogP contribution in [-0.4, -0.2) is 6.26 Å². The van der Waals surface area contributed by atoms with Crippen molar-refractivity contribution in [1.29, 1.82) is 0 Å². The smallest absolute Gasteiger partial charge is 0.0367 e. The van der Waals surface area contributed by atoms with Gasteiger partial charge in [-0.15, -0.1) is 11.8 Å². The van der Waals surface area contributed by atoms with Gasteiger partial charge in [0.15, 0.2) is 0 Å². The molecule has 60 valence electrons. The van der Waals surface area contributed by atoms with Gasteiger partial charge >= 0.3 is 0 Å². The molecule has 11 heavy (non-hydrogen) atoms. The summed E-state index contributed by atoms with van der Waals surface area (Å²) in [5.74, 6) is 0. The van der Waals surface area contributed by atoms with Crippen molar-refractivity contribution in [2.24, 2.45) is 0 Å². The predicted octanol–water partition coefficient (Wildman–Crippen LogP) is 3.86. The molecule has 0 aliphatic rings. The highest BCUT2D eigenvalue weighted by Gasteiger charge is 1.98. The first-order valence-corrected chi connectivity index (χ1v) is 5.66. The monoisotopic (exact) mass is 230 g/mol. The number of alkyl halides is 1. The average Bonchev–Trinajstić information content (AvgIpc) is 2.05. The van der Waals surface area contributed by atoms with Gasteiger partial charge in [0.25, 0.3) is 0 Å². The molecule has 2 heteroatoms. The molecule has 1 aromatic carbocycles. The van der Waals surface area contributed by atoms with Crippen molar-refractivity contribution in [1.82, 2.24) is 0 Å². The maximum absolute atomic E-state index is 3.52. The van der Waals surface area contributed by atoms with E-state index in [2.05, 4.69) is 53.4 Å². The van der Waals surface area contributed by atoms with Gasteiger partial charge < -0.3 is 0 Å². The molecule has 0 saturated heterocycles. The quantitative estimate of drug-likeness (QED) is 0.550. The Morgan fingerprint density at radius 2 is 1.82 bits per heavy atom. The lowest BCUT2D eigenvalue weighted by atomic mass is 10.2. The summed E-state index contributed by atoms with van der Waals surface area (Å²) < 4.78 is 0. The summed E-state index contributed by atoms with van der Waals surface area (Å²) in [6.45, 7) is 2.13. The summed E-state index contributed by atoms with van der Waals surface area (Å²) in [5.41, 5.74) is 1.34. The molecule has 0 radical (unpaired) electrons. The van der Waals surface area contributed by atoms with Gasteiger partial charge in [-0.2, -0.15) is 0 Å². The van der Waals surface area contributed by atoms with Crippen LogP contribution in [0.4, 0.5) is 0 Å². The van der Waals surface area contributed by atoms with Crippen LogP contribution in [0.15, 0.2) is 29.2 Å². The first-order chi connectivity index (χ1) is 5.24. The number of halogens is 1. The topological polar surface area (TPSA) is 0 Å². The van der Waals surface area contributed by atoms with Crippen LogP contribution in [0.5, 0.6) is 0 Å². The summed E-state index contributed by atoms with van der Waals surface area (Å²) in [6.07, 6.45) is 2.09. The Kier molecular flexibility index (Phi) is 3.46. The van der Waals surface area contributed by atoms with Gasteiger partial charge in [-0.25, -0.2) is 0 Å². The van der Waals surface area contributed by atoms with Gasteiger partial charge in [-0.05, 0) is 30.9 Å². The number of benzene rings is 1. The first kappa shape index (κ1) is 9.14. The van der Waals surface area contributed by atoms with Gasteiger partial charge in [0.2, 0.25) is 0 Å². The Morgan fingerprint density at radius 3 is 2.18 bits per heavy atom. The molecular formula is C9H11BrS. The molecule has 1 aromatic rings. The van der Waals surface area contributed by atoms with Gasteiger partial charge in [0, 0.05) is 9.72 Å². The molecule has 0 saturated carbocycles. The van der Waals surface area contributed by atoms with E-state index in [0.29, 0.717) is 4.83 Å². The van der Waals surface area contributed by atoms with Crippen LogP contribution < -0.4 is 0 Å². The van der Waals surface area contributed by atoms with Crippen molar-refractivity contribution >= 4 is 27.7 Å². The molecule has 1 atom stereocenters. The lowest BCUT2D eigenvalue weighted by Gasteiger charge is -2.03. The second-order valence-electron chi connectivity index (χ2n) is 2.39. The molecule has 0 fully saturated rings. The highest BCUT2D eigenvalue weighted by atomic mass is 79.9. The number of rotatable bonds is 2. The molecule has 1 unspecified atom stereocenters. The van der Waals surface area contributed by atoms with E-state index < -0.39 is 0 Å². The molecular weight excluding hydrogens is 220 g/mol. The average molecular weight is 231 g/mol. The van der Waals surface area contributed by atoms with Crippen molar-refractivity contribution in [2.75, 3.05) is 6.26 Å². The number of hydrogen-bond donors (Lipinski definition) is 0. The number of thioether (sulfide) groups is 1. The summed E-state index contributed by atoms with van der Waals surface area (Å²) in [5, 5.41) is 0. The molecule has 0 bridgehead atoms. The standard InChI is InChI=1S/C9H11BrS/c1-7(10)8-3-5-9(11-2)6-4-8/h3-7H,1-2H3. The maximum atomic E-state index is 3.52. The SMILES string of the molecule is CSc1ccc(C(C)Br)cc1. The third kappa shape index (κ3) is 2.53. The van der Waals surface area contributed by atoms with Crippen LogP contribution in [-0.2, 0) is 0 Å². The van der Waals surface area contributed by atoms with Crippen LogP contribution in [0.2, 0.25) is 0 Å². The largest absolute Gasteiger partial charge is 0.130 e. The summed E-state index contributed by atoms with van der Waals surface area (Å²) in [7, 11) is 0. The summed E-state index contributed by atoms with van der Waals surface area (Å²) in [6, 6.07) is 8.62. The third-order valence-electron chi connectivity index (χ3n) is 1.58. The minimum Gasteiger partial charge on any atom is -0.130 e. The van der Waals surface area contributed by atoms with Crippen molar-refractivity contribution in [3.05, 3.63) is 29.8 Å². The van der Waals surface area contributed by atoms with Crippen molar-refractivity contribution < 1.29 is 0 Å². The first-order valence-electron chi connectivity index (χ1n) is 3.52. The molecule has 0 nitrogen and oxygen atoms in total. The molecule has 0 aliphatic heterocycles. The zero-order chi connectivity index (χ0) is 8.27. The minimum absolute atomic E-state index is 0.457. The molecule has 0 aromatic heterocycles. The van der Waals surface area contributed by atoms with E-state index in [4.69, 9.17) is 0 Å². The van der Waals surface area contributed by atoms with E-state index in [1.807, 2.05) is 0 Å². The van der Waals surface area contributed by atoms with Gasteiger partial charge in [-0.3, -0.25) is 0 Å². The zero-order valence-corrected chi connectivity index (χ0v) is 9.08. The molecule has 0 amide bonds. The van der Waals surface area contributed by atoms with Crippen LogP contribution >= 0.6 is 27.7 Å². The van der Waals surface area contributed by atoms with E-state index in [9.17, 15) is 0 Å². The second-order valence-corrected chi connectivity index (χ2v) is 4.64. The lowest BCUT2D eigenvalue weighted by molar-refractivity contribution is 1.12. The van der Waals surface area contributed by atoms with Gasteiger partial charge in [0.05, 0.1) is 0 Å². The maximum Gasteiger partial charge on any atom is 0.0367 e. The van der Waals surface area contributed by atoms with Crippen LogP contribution in [0.3, 0.4) is 0 Å². The zero-order valence-electron chi connectivity index (χ0n) is 6.67. The third-order valence-corrected chi connectivity index (χ3v) is 2.85. The Hall–Kier alpha value is 0.0500. The molecule has 0 heterocycles. The Balaban J connectivity index is 2.83. The predicted molar refractivity (Wildman–Crippen MR) is 55.6 cm³/mol. The molecule has 0 N–H and O–H groups in total. The fourth-order valence-corrected chi connectivity index (χ4v) is 1.58. The van der Waals surface area contributed by atoms with E-state index in [1.165, 1.54) is 10.5 Å². The Bertz CT molecular complexity index is 216. The van der Waals surface area contributed by atoms with Crippen LogP contribution in [0.25, 0.3) is 0 Å². The van der Waals surface area contributed by atoms with Crippen LogP contribution in [0, 0.1) is 0 Å². The normalized spacial score (nSPS) is 13.0. The molecule has 0 spiro atoms. The Labute approximate surface area is 80.5 Å². The molecule has 1 rings (SSSR count). The van der Waals surface area contributed by atoms with Crippen molar-refractivity contribution in [2.45, 2.75) is 16.6 Å². The van der Waals surface area contributed by atoms with E-state index in [-0.39, 0.29) is 0 Å². The molecule has 0 aliphatic carbocycles. The van der Waals surface area contributed by atoms with Crippen LogP contribution in [0.1, 0.15) is 17.3 Å². The number of hydrogen-bond acceptors (Lipinski definition) is 1. The second kappa shape index (κ2) is 4.17. The van der Waals surface area contributed by atoms with Crippen molar-refractivity contribution in [3.8, 4) is 0 Å². The highest BCUT2D eigenvalue weighted by molar-refractivity contribution is 9.09. The van der Waals surface area contributed by atoms with Gasteiger partial charge in [-0.1, -0.05) is 28.1 Å². The fraction of sp³-hybridized carbons (Fsp3) is 0.333. The van der Waals surface area contributed by atoms with E-state index >= 15 is 0 Å².